The Morgan fingerprint density at radius 2 is 2.15 bits per heavy atom. The lowest BCUT2D eigenvalue weighted by molar-refractivity contribution is 0.0722. The van der Waals surface area contributed by atoms with Crippen LogP contribution in [0.2, 0.25) is 5.02 Å². The van der Waals surface area contributed by atoms with Gasteiger partial charge in [-0.3, -0.25) is 14.5 Å². The van der Waals surface area contributed by atoms with E-state index in [1.165, 1.54) is 0 Å². The number of halogens is 1. The highest BCUT2D eigenvalue weighted by Crippen LogP contribution is 2.37. The molecule has 138 valence electrons. The summed E-state index contributed by atoms with van der Waals surface area (Å²) >= 11 is 5.90. The summed E-state index contributed by atoms with van der Waals surface area (Å²) in [6, 6.07) is 8.68. The minimum absolute atomic E-state index is 0.0223. The van der Waals surface area contributed by atoms with Crippen LogP contribution in [-0.2, 0) is 13.6 Å². The summed E-state index contributed by atoms with van der Waals surface area (Å²) < 4.78 is 7.25. The van der Waals surface area contributed by atoms with Crippen molar-refractivity contribution >= 4 is 17.5 Å². The molecule has 0 unspecified atom stereocenters. The predicted octanol–water partition coefficient (Wildman–Crippen LogP) is 2.88. The number of benzene rings is 1. The van der Waals surface area contributed by atoms with Crippen LogP contribution in [0.5, 0.6) is 11.5 Å². The molecule has 8 heteroatoms. The van der Waals surface area contributed by atoms with Crippen molar-refractivity contribution in [1.82, 2.24) is 19.7 Å². The second kappa shape index (κ2) is 6.92. The predicted molar refractivity (Wildman–Crippen MR) is 99.8 cm³/mol. The quantitative estimate of drug-likeness (QED) is 0.734. The highest BCUT2D eigenvalue weighted by atomic mass is 35.5. The van der Waals surface area contributed by atoms with Crippen LogP contribution >= 0.6 is 11.6 Å². The molecular formula is C19H17ClN4O3. The molecule has 1 aliphatic heterocycles. The number of amides is 1. The summed E-state index contributed by atoms with van der Waals surface area (Å²) in [6.45, 7) is 1.02. The maximum atomic E-state index is 12.8. The average molecular weight is 385 g/mol. The van der Waals surface area contributed by atoms with Crippen molar-refractivity contribution in [2.45, 2.75) is 6.54 Å². The first kappa shape index (κ1) is 17.4. The fraction of sp³-hybridized carbons (Fsp3) is 0.211. The number of aromatic hydroxyl groups is 1. The summed E-state index contributed by atoms with van der Waals surface area (Å²) in [6.07, 6.45) is 3.14. The van der Waals surface area contributed by atoms with E-state index in [-0.39, 0.29) is 11.7 Å². The van der Waals surface area contributed by atoms with Gasteiger partial charge in [0.15, 0.2) is 11.5 Å². The van der Waals surface area contributed by atoms with Gasteiger partial charge in [0, 0.05) is 37.1 Å². The van der Waals surface area contributed by atoms with Gasteiger partial charge in [-0.05, 0) is 30.3 Å². The number of rotatable bonds is 2. The van der Waals surface area contributed by atoms with Gasteiger partial charge in [-0.15, -0.1) is 0 Å². The molecule has 27 heavy (non-hydrogen) atoms. The number of aromatic nitrogens is 3. The van der Waals surface area contributed by atoms with Crippen molar-refractivity contribution in [3.8, 4) is 22.8 Å². The first-order chi connectivity index (χ1) is 13.0. The monoisotopic (exact) mass is 384 g/mol. The van der Waals surface area contributed by atoms with Crippen LogP contribution in [0, 0.1) is 0 Å². The number of phenols is 1. The molecule has 3 heterocycles. The molecule has 0 aliphatic carbocycles. The summed E-state index contributed by atoms with van der Waals surface area (Å²) in [7, 11) is 1.73. The van der Waals surface area contributed by atoms with Crippen molar-refractivity contribution in [2.75, 3.05) is 13.2 Å². The standard InChI is InChI=1S/C19H17ClN4O3/c1-23-16(4-5-22-23)19(26)24-6-7-27-18-13(11-24)8-12(9-17(18)25)15-3-2-14(20)10-21-15/h2-5,8-10,25H,6-7,11H2,1H3. The van der Waals surface area contributed by atoms with Gasteiger partial charge in [0.05, 0.1) is 17.3 Å². The zero-order valence-electron chi connectivity index (χ0n) is 14.6. The molecule has 1 aromatic carbocycles. The van der Waals surface area contributed by atoms with Gasteiger partial charge >= 0.3 is 0 Å². The van der Waals surface area contributed by atoms with Crippen LogP contribution in [0.25, 0.3) is 11.3 Å². The van der Waals surface area contributed by atoms with E-state index in [1.807, 2.05) is 6.07 Å². The van der Waals surface area contributed by atoms with E-state index in [0.717, 1.165) is 11.1 Å². The van der Waals surface area contributed by atoms with Crippen molar-refractivity contribution in [3.05, 3.63) is 59.0 Å². The number of carbonyl (C=O) groups is 1. The van der Waals surface area contributed by atoms with Crippen molar-refractivity contribution in [1.29, 1.82) is 0 Å². The summed E-state index contributed by atoms with van der Waals surface area (Å²) in [5, 5.41) is 15.0. The Hall–Kier alpha value is -3.06. The first-order valence-corrected chi connectivity index (χ1v) is 8.78. The number of phenolic OH excluding ortho intramolecular Hbond substituents is 1. The number of aryl methyl sites for hydroxylation is 1. The molecule has 0 saturated heterocycles. The lowest BCUT2D eigenvalue weighted by atomic mass is 10.0. The van der Waals surface area contributed by atoms with Crippen LogP contribution in [0.1, 0.15) is 16.1 Å². The fourth-order valence-corrected chi connectivity index (χ4v) is 3.22. The van der Waals surface area contributed by atoms with Crippen molar-refractivity contribution < 1.29 is 14.6 Å². The van der Waals surface area contributed by atoms with E-state index < -0.39 is 0 Å². The maximum absolute atomic E-state index is 12.8. The van der Waals surface area contributed by atoms with Gasteiger partial charge in [0.1, 0.15) is 12.3 Å². The third-order valence-electron chi connectivity index (χ3n) is 4.47. The van der Waals surface area contributed by atoms with Crippen LogP contribution in [0.4, 0.5) is 0 Å². The van der Waals surface area contributed by atoms with Crippen molar-refractivity contribution in [3.63, 3.8) is 0 Å². The van der Waals surface area contributed by atoms with E-state index >= 15 is 0 Å². The van der Waals surface area contributed by atoms with Crippen LogP contribution in [0.15, 0.2) is 42.7 Å². The average Bonchev–Trinajstić information content (AvgIpc) is 2.96. The molecule has 3 aromatic rings. The second-order valence-electron chi connectivity index (χ2n) is 6.26. The highest BCUT2D eigenvalue weighted by Gasteiger charge is 2.25. The molecule has 1 amide bonds. The minimum atomic E-state index is -0.138. The van der Waals surface area contributed by atoms with Crippen LogP contribution < -0.4 is 4.74 Å². The van der Waals surface area contributed by atoms with Crippen LogP contribution in [-0.4, -0.2) is 43.8 Å². The number of hydrogen-bond donors (Lipinski definition) is 1. The van der Waals surface area contributed by atoms with E-state index in [0.29, 0.717) is 41.9 Å². The molecule has 2 aromatic heterocycles. The molecule has 0 bridgehead atoms. The molecule has 0 atom stereocenters. The molecular weight excluding hydrogens is 368 g/mol. The second-order valence-corrected chi connectivity index (χ2v) is 6.70. The number of hydrogen-bond acceptors (Lipinski definition) is 5. The summed E-state index contributed by atoms with van der Waals surface area (Å²) in [5.74, 6) is 0.281. The lowest BCUT2D eigenvalue weighted by Crippen LogP contribution is -2.33. The van der Waals surface area contributed by atoms with Gasteiger partial charge in [0.25, 0.3) is 5.91 Å². The minimum Gasteiger partial charge on any atom is -0.504 e. The van der Waals surface area contributed by atoms with Crippen molar-refractivity contribution in [2.24, 2.45) is 7.05 Å². The number of fused-ring (bicyclic) bond motifs is 1. The Labute approximate surface area is 160 Å². The summed E-state index contributed by atoms with van der Waals surface area (Å²) in [4.78, 5) is 18.8. The number of carbonyl (C=O) groups excluding carboxylic acids is 1. The Kier molecular flexibility index (Phi) is 4.45. The molecule has 1 N–H and O–H groups in total. The number of nitrogens with zero attached hydrogens (tertiary/aromatic N) is 4. The van der Waals surface area contributed by atoms with E-state index in [2.05, 4.69) is 10.1 Å². The fourth-order valence-electron chi connectivity index (χ4n) is 3.11. The van der Waals surface area contributed by atoms with Crippen LogP contribution in [0.3, 0.4) is 0 Å². The van der Waals surface area contributed by atoms with Gasteiger partial charge in [0.2, 0.25) is 0 Å². The topological polar surface area (TPSA) is 80.5 Å². The molecule has 0 fully saturated rings. The lowest BCUT2D eigenvalue weighted by Gasteiger charge is -2.20. The Bertz CT molecular complexity index is 1000. The van der Waals surface area contributed by atoms with Gasteiger partial charge < -0.3 is 14.7 Å². The number of ether oxygens (including phenoxy) is 1. The largest absolute Gasteiger partial charge is 0.504 e. The normalized spacial score (nSPS) is 13.6. The molecule has 0 radical (unpaired) electrons. The zero-order valence-corrected chi connectivity index (χ0v) is 15.3. The molecule has 4 rings (SSSR count). The highest BCUT2D eigenvalue weighted by molar-refractivity contribution is 6.30. The smallest absolute Gasteiger partial charge is 0.272 e. The third kappa shape index (κ3) is 3.33. The molecule has 1 aliphatic rings. The van der Waals surface area contributed by atoms with Gasteiger partial charge in [-0.25, -0.2) is 0 Å². The maximum Gasteiger partial charge on any atom is 0.272 e. The van der Waals surface area contributed by atoms with E-state index in [1.54, 1.807) is 53.3 Å². The Balaban J connectivity index is 1.70. The zero-order chi connectivity index (χ0) is 19.0. The van der Waals surface area contributed by atoms with Gasteiger partial charge in [-0.2, -0.15) is 5.10 Å². The van der Waals surface area contributed by atoms with Gasteiger partial charge in [-0.1, -0.05) is 11.6 Å². The van der Waals surface area contributed by atoms with E-state index in [9.17, 15) is 9.90 Å². The Morgan fingerprint density at radius 3 is 2.85 bits per heavy atom. The molecule has 7 nitrogen and oxygen atoms in total. The molecule has 0 spiro atoms. The number of pyridine rings is 1. The first-order valence-electron chi connectivity index (χ1n) is 8.41. The third-order valence-corrected chi connectivity index (χ3v) is 4.69. The SMILES string of the molecule is Cn1nccc1C(=O)N1CCOc2c(O)cc(-c3ccc(Cl)cn3)cc2C1. The Morgan fingerprint density at radius 1 is 1.30 bits per heavy atom. The van der Waals surface area contributed by atoms with E-state index in [4.69, 9.17) is 16.3 Å². The molecule has 0 saturated carbocycles. The summed E-state index contributed by atoms with van der Waals surface area (Å²) in [5.41, 5.74) is 2.61.